The molecule has 0 saturated heterocycles. The third-order valence-electron chi connectivity index (χ3n) is 11.4. The second-order valence-corrected chi connectivity index (χ2v) is 30.2. The summed E-state index contributed by atoms with van der Waals surface area (Å²) in [7, 11) is 0. The summed E-state index contributed by atoms with van der Waals surface area (Å²) in [6, 6.07) is 45.6. The fourth-order valence-corrected chi connectivity index (χ4v) is 37.3. The molecule has 0 saturated carbocycles. The molecular formula is C48H39Cl2F6SiZr. The van der Waals surface area contributed by atoms with E-state index < -0.39 is 50.3 Å². The zero-order valence-electron chi connectivity index (χ0n) is 31.7. The average molecular weight is 920 g/mol. The maximum Gasteiger partial charge on any atom is -1.00 e. The van der Waals surface area contributed by atoms with Gasteiger partial charge in [0.15, 0.2) is 0 Å². The van der Waals surface area contributed by atoms with Crippen LogP contribution >= 0.6 is 0 Å². The number of halogens is 8. The standard InChI is InChI=1S/2C18H14F3.C12H11Si.2ClH.Zr/c2*1-2-12-10-14-4-3-5-16(17(14)11-12)13-6-8-15(9-7-13)18(19,20)21;1-3-7-11(8-4-1)13-12-9-5-2-6-10-12;;;/h2*3-11H,2H2,1H3;1-10,13H;2*1H;/q;;;;;+2/p-2. The Morgan fingerprint density at radius 1 is 0.466 bits per heavy atom. The zero-order valence-corrected chi connectivity index (χ0v) is 36.8. The minimum atomic E-state index is -4.42. The maximum atomic E-state index is 13.6. The van der Waals surface area contributed by atoms with Crippen molar-refractivity contribution in [3.05, 3.63) is 190 Å². The fourth-order valence-electron chi connectivity index (χ4n) is 8.88. The van der Waals surface area contributed by atoms with E-state index in [4.69, 9.17) is 0 Å². The molecule has 58 heavy (non-hydrogen) atoms. The van der Waals surface area contributed by atoms with Gasteiger partial charge in [-0.05, 0) is 0 Å². The number of rotatable bonds is 9. The van der Waals surface area contributed by atoms with Crippen LogP contribution in [-0.2, 0) is 33.3 Å². The van der Waals surface area contributed by atoms with Gasteiger partial charge in [-0.25, -0.2) is 0 Å². The zero-order chi connectivity index (χ0) is 39.2. The minimum Gasteiger partial charge on any atom is -1.00 e. The Hall–Kier alpha value is -3.94. The Morgan fingerprint density at radius 3 is 1.16 bits per heavy atom. The quantitative estimate of drug-likeness (QED) is 0.113. The van der Waals surface area contributed by atoms with Crippen molar-refractivity contribution in [2.24, 2.45) is 0 Å². The summed E-state index contributed by atoms with van der Waals surface area (Å²) in [6.07, 6.45) is -2.48. The Labute approximate surface area is 356 Å². The number of hydrogen-bond acceptors (Lipinski definition) is 0. The van der Waals surface area contributed by atoms with Gasteiger partial charge >= 0.3 is 334 Å². The van der Waals surface area contributed by atoms with Crippen LogP contribution in [0.15, 0.2) is 157 Å². The van der Waals surface area contributed by atoms with E-state index in [0.29, 0.717) is 0 Å². The number of allylic oxidation sites excluding steroid dienone is 2. The summed E-state index contributed by atoms with van der Waals surface area (Å²) in [4.78, 5) is 0. The van der Waals surface area contributed by atoms with Crippen LogP contribution in [0.2, 0.25) is 0 Å². The van der Waals surface area contributed by atoms with E-state index in [-0.39, 0.29) is 32.1 Å². The second kappa shape index (κ2) is 17.7. The summed E-state index contributed by atoms with van der Waals surface area (Å²) in [5, 5.41) is 2.80. The average Bonchev–Trinajstić information content (AvgIpc) is 3.78. The van der Waals surface area contributed by atoms with E-state index >= 15 is 0 Å². The predicted octanol–water partition coefficient (Wildman–Crippen LogP) is 6.62. The first kappa shape index (κ1) is 43.6. The molecule has 0 aliphatic heterocycles. The SMILES string of the molecule is CCC1=Cc2c(-c3ccc(C(F)(F)F)cc3)cccc2[CH]1[Zr+2]([CH]1C(CC)=Cc2c(-c3ccc(C(F)(F)F)cc3)cccc21)[SiH](c1ccccc1)c1ccccc1.[Cl-].[Cl-]. The molecule has 0 heterocycles. The molecule has 0 bridgehead atoms. The topological polar surface area (TPSA) is 0 Å². The molecule has 0 N–H and O–H groups in total. The Balaban J connectivity index is 0.00000283. The van der Waals surface area contributed by atoms with E-state index in [2.05, 4.69) is 111 Å². The van der Waals surface area contributed by atoms with Crippen LogP contribution in [0.1, 0.15) is 67.3 Å². The van der Waals surface area contributed by atoms with Gasteiger partial charge in [0.2, 0.25) is 0 Å². The summed E-state index contributed by atoms with van der Waals surface area (Å²) in [5.74, 6) is -1.96. The first-order valence-electron chi connectivity index (χ1n) is 19.0. The number of fused-ring (bicyclic) bond motifs is 2. The van der Waals surface area contributed by atoms with Gasteiger partial charge in [-0.1, -0.05) is 0 Å². The molecule has 2 unspecified atom stereocenters. The maximum absolute atomic E-state index is 13.6. The Kier molecular flexibility index (Phi) is 13.3. The number of hydrogen-bond donors (Lipinski definition) is 0. The molecule has 2 atom stereocenters. The molecule has 0 amide bonds. The third kappa shape index (κ3) is 8.28. The first-order valence-corrected chi connectivity index (χ1v) is 27.8. The van der Waals surface area contributed by atoms with Crippen molar-refractivity contribution in [2.45, 2.75) is 46.3 Å². The van der Waals surface area contributed by atoms with Crippen molar-refractivity contribution in [3.8, 4) is 22.3 Å². The van der Waals surface area contributed by atoms with Crippen LogP contribution in [0.4, 0.5) is 26.3 Å². The molecule has 6 aromatic rings. The minimum absolute atomic E-state index is 0. The first-order chi connectivity index (χ1) is 27.0. The molecule has 295 valence electrons. The van der Waals surface area contributed by atoms with Gasteiger partial charge in [0.05, 0.1) is 0 Å². The van der Waals surface area contributed by atoms with Crippen LogP contribution in [0.5, 0.6) is 0 Å². The molecule has 8 rings (SSSR count). The molecule has 0 aromatic heterocycles. The molecule has 6 aromatic carbocycles. The van der Waals surface area contributed by atoms with Crippen molar-refractivity contribution in [1.29, 1.82) is 0 Å². The van der Waals surface area contributed by atoms with Crippen molar-refractivity contribution in [1.82, 2.24) is 0 Å². The van der Waals surface area contributed by atoms with Crippen LogP contribution in [0.3, 0.4) is 0 Å². The van der Waals surface area contributed by atoms with Crippen LogP contribution in [0.25, 0.3) is 34.4 Å². The molecular weight excluding hydrogens is 881 g/mol. The van der Waals surface area contributed by atoms with Gasteiger partial charge in [-0.2, -0.15) is 0 Å². The number of benzene rings is 6. The van der Waals surface area contributed by atoms with E-state index in [0.717, 1.165) is 46.2 Å². The van der Waals surface area contributed by atoms with Gasteiger partial charge < -0.3 is 24.8 Å². The Bertz CT molecular complexity index is 2260. The largest absolute Gasteiger partial charge is 1.00 e. The fraction of sp³-hybridized carbons (Fsp3) is 0.167. The van der Waals surface area contributed by atoms with E-state index in [1.807, 2.05) is 12.1 Å². The second-order valence-electron chi connectivity index (χ2n) is 14.5. The summed E-state index contributed by atoms with van der Waals surface area (Å²) in [6.45, 7) is 4.43. The van der Waals surface area contributed by atoms with Crippen molar-refractivity contribution in [2.75, 3.05) is 0 Å². The summed E-state index contributed by atoms with van der Waals surface area (Å²) >= 11 is -3.04. The molecule has 0 nitrogen and oxygen atoms in total. The van der Waals surface area contributed by atoms with Gasteiger partial charge in [0, 0.05) is 0 Å². The van der Waals surface area contributed by atoms with Gasteiger partial charge in [-0.3, -0.25) is 0 Å². The van der Waals surface area contributed by atoms with Gasteiger partial charge in [0.25, 0.3) is 0 Å². The van der Waals surface area contributed by atoms with Crippen LogP contribution in [0, 0.1) is 0 Å². The third-order valence-corrected chi connectivity index (χ3v) is 34.6. The predicted molar refractivity (Wildman–Crippen MR) is 215 cm³/mol. The normalized spacial score (nSPS) is 15.8. The van der Waals surface area contributed by atoms with Crippen molar-refractivity contribution in [3.63, 3.8) is 0 Å². The Morgan fingerprint density at radius 2 is 0.828 bits per heavy atom. The molecule has 0 spiro atoms. The van der Waals surface area contributed by atoms with Crippen molar-refractivity contribution >= 4 is 28.4 Å². The molecule has 0 radical (unpaired) electrons. The van der Waals surface area contributed by atoms with E-state index in [9.17, 15) is 26.3 Å². The smallest absolute Gasteiger partial charge is 1.00 e. The van der Waals surface area contributed by atoms with Crippen LogP contribution < -0.4 is 35.2 Å². The van der Waals surface area contributed by atoms with Gasteiger partial charge in [0.1, 0.15) is 0 Å². The number of alkyl halides is 6. The van der Waals surface area contributed by atoms with E-state index in [1.54, 1.807) is 24.3 Å². The van der Waals surface area contributed by atoms with Gasteiger partial charge in [-0.15, -0.1) is 0 Å². The van der Waals surface area contributed by atoms with Crippen molar-refractivity contribution < 1.29 is 72.1 Å². The van der Waals surface area contributed by atoms with E-state index in [1.165, 1.54) is 56.9 Å². The molecule has 2 aliphatic rings. The molecule has 2 aliphatic carbocycles. The molecule has 0 fully saturated rings. The summed E-state index contributed by atoms with van der Waals surface area (Å²) < 4.78 is 81.9. The monoisotopic (exact) mass is 917 g/mol. The van der Waals surface area contributed by atoms with Crippen LogP contribution in [-0.4, -0.2) is 5.92 Å². The summed E-state index contributed by atoms with van der Waals surface area (Å²) in [5.41, 5.74) is 9.54. The molecule has 10 heteroatoms.